The highest BCUT2D eigenvalue weighted by Crippen LogP contribution is 2.30. The lowest BCUT2D eigenvalue weighted by Gasteiger charge is -2.36. The third-order valence-corrected chi connectivity index (χ3v) is 6.80. The fourth-order valence-corrected chi connectivity index (χ4v) is 4.82. The molecule has 0 spiro atoms. The summed E-state index contributed by atoms with van der Waals surface area (Å²) in [6.45, 7) is 4.03. The monoisotopic (exact) mass is 454 g/mol. The van der Waals surface area contributed by atoms with Crippen LogP contribution in [-0.2, 0) is 0 Å². The fourth-order valence-electron chi connectivity index (χ4n) is 3.65. The van der Waals surface area contributed by atoms with Gasteiger partial charge in [0, 0.05) is 36.8 Å². The first-order chi connectivity index (χ1) is 15.0. The van der Waals surface area contributed by atoms with E-state index in [1.165, 1.54) is 23.5 Å². The second-order valence-corrected chi connectivity index (χ2v) is 8.79. The number of carbonyl (C=O) groups excluding carboxylic acids is 1. The van der Waals surface area contributed by atoms with Crippen LogP contribution in [0.2, 0.25) is 5.02 Å². The van der Waals surface area contributed by atoms with Crippen molar-refractivity contribution in [1.82, 2.24) is 14.8 Å². The Hall–Kier alpha value is -2.79. The molecule has 0 N–H and O–H groups in total. The Morgan fingerprint density at radius 3 is 2.39 bits per heavy atom. The SMILES string of the molecule is Cc1nc(-c2ccc(Cl)cc2)sc1C(=O)N1CCN([C@H](C#N)c2ccc(F)cc2)CC1. The van der Waals surface area contributed by atoms with Crippen LogP contribution in [-0.4, -0.2) is 46.9 Å². The summed E-state index contributed by atoms with van der Waals surface area (Å²) in [7, 11) is 0. The first-order valence-electron chi connectivity index (χ1n) is 9.88. The third kappa shape index (κ3) is 4.62. The highest BCUT2D eigenvalue weighted by atomic mass is 35.5. The highest BCUT2D eigenvalue weighted by Gasteiger charge is 2.29. The summed E-state index contributed by atoms with van der Waals surface area (Å²) in [6.07, 6.45) is 0. The predicted octanol–water partition coefficient (Wildman–Crippen LogP) is 4.93. The van der Waals surface area contributed by atoms with Crippen LogP contribution in [0.3, 0.4) is 0 Å². The maximum atomic E-state index is 13.2. The average molecular weight is 455 g/mol. The van der Waals surface area contributed by atoms with Crippen molar-refractivity contribution in [1.29, 1.82) is 5.26 Å². The van der Waals surface area contributed by atoms with Gasteiger partial charge in [-0.15, -0.1) is 11.3 Å². The largest absolute Gasteiger partial charge is 0.335 e. The van der Waals surface area contributed by atoms with Crippen molar-refractivity contribution in [3.8, 4) is 16.6 Å². The Morgan fingerprint density at radius 1 is 1.13 bits per heavy atom. The van der Waals surface area contributed by atoms with Gasteiger partial charge in [0.15, 0.2) is 0 Å². The maximum absolute atomic E-state index is 13.2. The number of carbonyl (C=O) groups is 1. The summed E-state index contributed by atoms with van der Waals surface area (Å²) in [5.41, 5.74) is 2.40. The molecule has 3 aromatic rings. The second kappa shape index (κ2) is 9.15. The zero-order valence-corrected chi connectivity index (χ0v) is 18.5. The number of hydrogen-bond donors (Lipinski definition) is 0. The Kier molecular flexibility index (Phi) is 6.33. The van der Waals surface area contributed by atoms with Crippen LogP contribution < -0.4 is 0 Å². The van der Waals surface area contributed by atoms with Gasteiger partial charge in [0.1, 0.15) is 21.7 Å². The lowest BCUT2D eigenvalue weighted by Crippen LogP contribution is -2.49. The summed E-state index contributed by atoms with van der Waals surface area (Å²) in [5, 5.41) is 11.1. The van der Waals surface area contributed by atoms with Crippen molar-refractivity contribution in [2.24, 2.45) is 0 Å². The van der Waals surface area contributed by atoms with Crippen LogP contribution in [0.25, 0.3) is 10.6 Å². The van der Waals surface area contributed by atoms with E-state index in [1.54, 1.807) is 24.3 Å². The Bertz CT molecular complexity index is 1120. The van der Waals surface area contributed by atoms with Gasteiger partial charge in [0.25, 0.3) is 5.91 Å². The topological polar surface area (TPSA) is 60.2 Å². The van der Waals surface area contributed by atoms with Crippen molar-refractivity contribution in [2.75, 3.05) is 26.2 Å². The molecule has 158 valence electrons. The van der Waals surface area contributed by atoms with E-state index in [0.29, 0.717) is 41.8 Å². The standard InChI is InChI=1S/C23H20ClFN4OS/c1-15-21(31-22(27-15)17-2-6-18(24)7-3-17)23(30)29-12-10-28(11-13-29)20(14-26)16-4-8-19(25)9-5-16/h2-9,20H,10-13H2,1H3/t20-/m1/s1. The number of halogens is 2. The van der Waals surface area contributed by atoms with Gasteiger partial charge in [-0.05, 0) is 36.8 Å². The summed E-state index contributed by atoms with van der Waals surface area (Å²) >= 11 is 7.34. The number of aryl methyl sites for hydroxylation is 1. The molecule has 1 aliphatic heterocycles. The van der Waals surface area contributed by atoms with Crippen LogP contribution in [0.5, 0.6) is 0 Å². The van der Waals surface area contributed by atoms with E-state index in [9.17, 15) is 14.4 Å². The maximum Gasteiger partial charge on any atom is 0.265 e. The lowest BCUT2D eigenvalue weighted by atomic mass is 10.1. The number of rotatable bonds is 4. The summed E-state index contributed by atoms with van der Waals surface area (Å²) in [6, 6.07) is 15.3. The third-order valence-electron chi connectivity index (χ3n) is 5.36. The quantitative estimate of drug-likeness (QED) is 0.560. The second-order valence-electron chi connectivity index (χ2n) is 7.35. The van der Waals surface area contributed by atoms with Gasteiger partial charge in [-0.2, -0.15) is 5.26 Å². The molecule has 0 saturated carbocycles. The molecule has 31 heavy (non-hydrogen) atoms. The first-order valence-corrected chi connectivity index (χ1v) is 11.1. The first kappa shape index (κ1) is 21.4. The van der Waals surface area contributed by atoms with E-state index in [4.69, 9.17) is 11.6 Å². The number of hydrogen-bond acceptors (Lipinski definition) is 5. The van der Waals surface area contributed by atoms with Crippen molar-refractivity contribution >= 4 is 28.8 Å². The Labute approximate surface area is 189 Å². The highest BCUT2D eigenvalue weighted by molar-refractivity contribution is 7.17. The molecule has 1 saturated heterocycles. The van der Waals surface area contributed by atoms with Crippen LogP contribution in [0.1, 0.15) is 27.0 Å². The minimum absolute atomic E-state index is 0.0369. The lowest BCUT2D eigenvalue weighted by molar-refractivity contribution is 0.0610. The number of thiazole rings is 1. The van der Waals surface area contributed by atoms with Crippen LogP contribution >= 0.6 is 22.9 Å². The molecule has 0 radical (unpaired) electrons. The number of nitriles is 1. The van der Waals surface area contributed by atoms with Crippen LogP contribution in [0.4, 0.5) is 4.39 Å². The van der Waals surface area contributed by atoms with E-state index in [-0.39, 0.29) is 11.7 Å². The van der Waals surface area contributed by atoms with Crippen molar-refractivity contribution in [3.05, 3.63) is 75.5 Å². The van der Waals surface area contributed by atoms with Crippen molar-refractivity contribution in [3.63, 3.8) is 0 Å². The summed E-state index contributed by atoms with van der Waals surface area (Å²) in [4.78, 5) is 22.2. The molecule has 1 amide bonds. The smallest absolute Gasteiger partial charge is 0.265 e. The number of aromatic nitrogens is 1. The molecule has 1 atom stereocenters. The van der Waals surface area contributed by atoms with E-state index < -0.39 is 6.04 Å². The van der Waals surface area contributed by atoms with Gasteiger partial charge >= 0.3 is 0 Å². The fraction of sp³-hybridized carbons (Fsp3) is 0.261. The van der Waals surface area contributed by atoms with Gasteiger partial charge in [-0.3, -0.25) is 9.69 Å². The number of benzene rings is 2. The predicted molar refractivity (Wildman–Crippen MR) is 120 cm³/mol. The zero-order valence-electron chi connectivity index (χ0n) is 16.9. The van der Waals surface area contributed by atoms with E-state index in [0.717, 1.165) is 16.1 Å². The number of piperazine rings is 1. The van der Waals surface area contributed by atoms with E-state index >= 15 is 0 Å². The molecule has 1 aromatic heterocycles. The van der Waals surface area contributed by atoms with E-state index in [1.807, 2.05) is 28.9 Å². The molecular formula is C23H20ClFN4OS. The molecule has 0 aliphatic carbocycles. The molecule has 1 aliphatic rings. The molecule has 8 heteroatoms. The van der Waals surface area contributed by atoms with E-state index in [2.05, 4.69) is 11.1 Å². The Morgan fingerprint density at radius 2 is 1.77 bits per heavy atom. The number of amides is 1. The minimum Gasteiger partial charge on any atom is -0.335 e. The molecule has 0 bridgehead atoms. The summed E-state index contributed by atoms with van der Waals surface area (Å²) in [5.74, 6) is -0.362. The normalized spacial score (nSPS) is 15.5. The van der Waals surface area contributed by atoms with Crippen LogP contribution in [0, 0.1) is 24.1 Å². The van der Waals surface area contributed by atoms with Gasteiger partial charge < -0.3 is 4.90 Å². The van der Waals surface area contributed by atoms with Gasteiger partial charge in [-0.25, -0.2) is 9.37 Å². The molecule has 1 fully saturated rings. The van der Waals surface area contributed by atoms with Gasteiger partial charge in [-0.1, -0.05) is 35.9 Å². The molecular weight excluding hydrogens is 435 g/mol. The van der Waals surface area contributed by atoms with Crippen LogP contribution in [0.15, 0.2) is 48.5 Å². The zero-order chi connectivity index (χ0) is 22.0. The van der Waals surface area contributed by atoms with Gasteiger partial charge in [0.05, 0.1) is 11.8 Å². The molecule has 2 aromatic carbocycles. The molecule has 4 rings (SSSR count). The molecule has 0 unspecified atom stereocenters. The Balaban J connectivity index is 1.44. The molecule has 5 nitrogen and oxygen atoms in total. The molecule has 2 heterocycles. The van der Waals surface area contributed by atoms with Crippen molar-refractivity contribution in [2.45, 2.75) is 13.0 Å². The van der Waals surface area contributed by atoms with Gasteiger partial charge in [0.2, 0.25) is 0 Å². The minimum atomic E-state index is -0.459. The number of nitrogens with zero attached hydrogens (tertiary/aromatic N) is 4. The summed E-state index contributed by atoms with van der Waals surface area (Å²) < 4.78 is 13.2. The average Bonchev–Trinajstić information content (AvgIpc) is 3.17. The van der Waals surface area contributed by atoms with Crippen molar-refractivity contribution < 1.29 is 9.18 Å².